The van der Waals surface area contributed by atoms with E-state index in [0.29, 0.717) is 21.2 Å². The predicted octanol–water partition coefficient (Wildman–Crippen LogP) is 3.65. The van der Waals surface area contributed by atoms with Gasteiger partial charge in [-0.25, -0.2) is 0 Å². The molecule has 102 valence electrons. The fourth-order valence-electron chi connectivity index (χ4n) is 1.20. The van der Waals surface area contributed by atoms with Gasteiger partial charge in [-0.15, -0.1) is 0 Å². The maximum Gasteiger partial charge on any atom is 0.170 e. The van der Waals surface area contributed by atoms with Crippen LogP contribution in [0.5, 0.6) is 0 Å². The molecule has 0 bridgehead atoms. The zero-order valence-electron chi connectivity index (χ0n) is 10.3. The van der Waals surface area contributed by atoms with Crippen molar-refractivity contribution < 1.29 is 5.21 Å². The van der Waals surface area contributed by atoms with Crippen LogP contribution in [0.1, 0.15) is 11.1 Å². The first-order chi connectivity index (χ1) is 9.56. The molecule has 2 aromatic carbocycles. The number of halogens is 2. The van der Waals surface area contributed by atoms with E-state index in [4.69, 9.17) is 39.4 Å². The summed E-state index contributed by atoms with van der Waals surface area (Å²) in [6.07, 6.45) is 0. The summed E-state index contributed by atoms with van der Waals surface area (Å²) in [6.45, 7) is 0. The SMILES string of the molecule is N#Cc1ccc(Cl)cc1.N/C(=N\O)c1ccc(Cl)cc1. The Morgan fingerprint density at radius 1 is 1.00 bits per heavy atom. The van der Waals surface area contributed by atoms with Gasteiger partial charge in [0.05, 0.1) is 11.6 Å². The maximum atomic E-state index is 8.34. The zero-order valence-corrected chi connectivity index (χ0v) is 11.8. The lowest BCUT2D eigenvalue weighted by molar-refractivity contribution is 0.318. The molecule has 3 N–H and O–H groups in total. The maximum absolute atomic E-state index is 8.34. The average Bonchev–Trinajstić information content (AvgIpc) is 2.49. The predicted molar refractivity (Wildman–Crippen MR) is 80.1 cm³/mol. The Morgan fingerprint density at radius 3 is 1.85 bits per heavy atom. The number of benzene rings is 2. The summed E-state index contributed by atoms with van der Waals surface area (Å²) in [5, 5.41) is 20.7. The smallest absolute Gasteiger partial charge is 0.170 e. The molecule has 0 aliphatic carbocycles. The molecule has 0 aliphatic heterocycles. The lowest BCUT2D eigenvalue weighted by Crippen LogP contribution is -2.12. The molecule has 0 atom stereocenters. The number of nitrogens with zero attached hydrogens (tertiary/aromatic N) is 2. The molecule has 0 unspecified atom stereocenters. The second-order valence-corrected chi connectivity index (χ2v) is 4.48. The molecule has 0 fully saturated rings. The molecule has 0 aromatic heterocycles. The van der Waals surface area contributed by atoms with Crippen molar-refractivity contribution in [3.8, 4) is 6.07 Å². The molecular weight excluding hydrogens is 297 g/mol. The number of oxime groups is 1. The topological polar surface area (TPSA) is 82.4 Å². The molecule has 0 saturated carbocycles. The molecule has 0 heterocycles. The van der Waals surface area contributed by atoms with Gasteiger partial charge in [-0.05, 0) is 48.5 Å². The lowest BCUT2D eigenvalue weighted by atomic mass is 10.2. The zero-order chi connectivity index (χ0) is 15.0. The van der Waals surface area contributed by atoms with Crippen LogP contribution in [-0.2, 0) is 0 Å². The first-order valence-electron chi connectivity index (χ1n) is 5.46. The van der Waals surface area contributed by atoms with E-state index in [9.17, 15) is 0 Å². The molecule has 6 heteroatoms. The van der Waals surface area contributed by atoms with Crippen LogP contribution in [0.15, 0.2) is 53.7 Å². The van der Waals surface area contributed by atoms with Gasteiger partial charge in [0.25, 0.3) is 0 Å². The van der Waals surface area contributed by atoms with Crippen LogP contribution in [0.3, 0.4) is 0 Å². The van der Waals surface area contributed by atoms with Crippen LogP contribution in [0.2, 0.25) is 10.0 Å². The summed E-state index contributed by atoms with van der Waals surface area (Å²) >= 11 is 11.2. The van der Waals surface area contributed by atoms with Crippen LogP contribution in [0.4, 0.5) is 0 Å². The van der Waals surface area contributed by atoms with E-state index in [2.05, 4.69) is 5.16 Å². The van der Waals surface area contributed by atoms with E-state index in [0.717, 1.165) is 0 Å². The highest BCUT2D eigenvalue weighted by molar-refractivity contribution is 6.30. The highest BCUT2D eigenvalue weighted by atomic mass is 35.5. The van der Waals surface area contributed by atoms with Gasteiger partial charge in [0.15, 0.2) is 5.84 Å². The lowest BCUT2D eigenvalue weighted by Gasteiger charge is -1.96. The van der Waals surface area contributed by atoms with Gasteiger partial charge in [0.1, 0.15) is 0 Å². The van der Waals surface area contributed by atoms with Gasteiger partial charge in [-0.1, -0.05) is 28.4 Å². The van der Waals surface area contributed by atoms with Crippen molar-refractivity contribution >= 4 is 29.0 Å². The van der Waals surface area contributed by atoms with Gasteiger partial charge in [0, 0.05) is 15.6 Å². The number of hydrogen-bond acceptors (Lipinski definition) is 3. The van der Waals surface area contributed by atoms with Crippen LogP contribution < -0.4 is 5.73 Å². The van der Waals surface area contributed by atoms with Crippen molar-refractivity contribution in [2.24, 2.45) is 10.9 Å². The van der Waals surface area contributed by atoms with E-state index < -0.39 is 0 Å². The van der Waals surface area contributed by atoms with Crippen LogP contribution >= 0.6 is 23.2 Å². The monoisotopic (exact) mass is 307 g/mol. The molecule has 0 aliphatic rings. The molecule has 20 heavy (non-hydrogen) atoms. The van der Waals surface area contributed by atoms with E-state index in [1.807, 2.05) is 6.07 Å². The number of nitrogens with two attached hydrogens (primary N) is 1. The molecule has 4 nitrogen and oxygen atoms in total. The fourth-order valence-corrected chi connectivity index (χ4v) is 1.45. The number of hydrogen-bond donors (Lipinski definition) is 2. The van der Waals surface area contributed by atoms with Crippen LogP contribution in [-0.4, -0.2) is 11.0 Å². The van der Waals surface area contributed by atoms with E-state index in [-0.39, 0.29) is 5.84 Å². The molecule has 0 amide bonds. The van der Waals surface area contributed by atoms with Gasteiger partial charge >= 0.3 is 0 Å². The second kappa shape index (κ2) is 8.05. The highest BCUT2D eigenvalue weighted by Crippen LogP contribution is 2.09. The summed E-state index contributed by atoms with van der Waals surface area (Å²) in [5.41, 5.74) is 6.59. The number of amidine groups is 1. The normalized spacial score (nSPS) is 10.2. The molecule has 0 radical (unpaired) electrons. The van der Waals surface area contributed by atoms with Crippen LogP contribution in [0.25, 0.3) is 0 Å². The molecule has 0 spiro atoms. The van der Waals surface area contributed by atoms with E-state index in [1.165, 1.54) is 0 Å². The van der Waals surface area contributed by atoms with Gasteiger partial charge in [0.2, 0.25) is 0 Å². The third kappa shape index (κ3) is 5.19. The minimum atomic E-state index is 0.0849. The minimum Gasteiger partial charge on any atom is -0.409 e. The van der Waals surface area contributed by atoms with Crippen molar-refractivity contribution in [1.29, 1.82) is 5.26 Å². The first kappa shape index (κ1) is 15.8. The quantitative estimate of drug-likeness (QED) is 0.365. The van der Waals surface area contributed by atoms with Crippen molar-refractivity contribution in [2.75, 3.05) is 0 Å². The van der Waals surface area contributed by atoms with Crippen molar-refractivity contribution in [3.05, 3.63) is 69.7 Å². The summed E-state index contributed by atoms with van der Waals surface area (Å²) in [5.74, 6) is 0.0849. The molecule has 0 saturated heterocycles. The van der Waals surface area contributed by atoms with Crippen molar-refractivity contribution in [3.63, 3.8) is 0 Å². The Bertz CT molecular complexity index is 616. The van der Waals surface area contributed by atoms with Gasteiger partial charge in [-0.2, -0.15) is 5.26 Å². The summed E-state index contributed by atoms with van der Waals surface area (Å²) in [6, 6.07) is 15.5. The number of rotatable bonds is 1. The summed E-state index contributed by atoms with van der Waals surface area (Å²) < 4.78 is 0. The second-order valence-electron chi connectivity index (χ2n) is 3.61. The van der Waals surface area contributed by atoms with Crippen molar-refractivity contribution in [2.45, 2.75) is 0 Å². The van der Waals surface area contributed by atoms with Gasteiger partial charge in [-0.3, -0.25) is 0 Å². The Balaban J connectivity index is 0.000000204. The third-order valence-electron chi connectivity index (χ3n) is 2.22. The average molecular weight is 308 g/mol. The Morgan fingerprint density at radius 2 is 1.45 bits per heavy atom. The van der Waals surface area contributed by atoms with E-state index in [1.54, 1.807) is 48.5 Å². The largest absolute Gasteiger partial charge is 0.409 e. The first-order valence-corrected chi connectivity index (χ1v) is 6.21. The van der Waals surface area contributed by atoms with Crippen LogP contribution in [0, 0.1) is 11.3 Å². The standard InChI is InChI=1S/C7H7ClN2O.C7H4ClN/c8-6-3-1-5(2-4-6)7(9)10-11;8-7-3-1-6(5-9)2-4-7/h1-4,11H,(H2,9,10);1-4H. The minimum absolute atomic E-state index is 0.0849. The highest BCUT2D eigenvalue weighted by Gasteiger charge is 1.96. The Kier molecular flexibility index (Phi) is 6.38. The summed E-state index contributed by atoms with van der Waals surface area (Å²) in [4.78, 5) is 0. The number of nitriles is 1. The Labute approximate surface area is 126 Å². The molecular formula is C14H11Cl2N3O. The van der Waals surface area contributed by atoms with Crippen molar-refractivity contribution in [1.82, 2.24) is 0 Å². The fraction of sp³-hybridized carbons (Fsp3) is 0. The summed E-state index contributed by atoms with van der Waals surface area (Å²) in [7, 11) is 0. The Hall–Kier alpha value is -2.22. The van der Waals surface area contributed by atoms with E-state index >= 15 is 0 Å². The molecule has 2 rings (SSSR count). The van der Waals surface area contributed by atoms with Gasteiger partial charge < -0.3 is 10.9 Å². The molecule has 2 aromatic rings. The third-order valence-corrected chi connectivity index (χ3v) is 2.72.